The summed E-state index contributed by atoms with van der Waals surface area (Å²) < 4.78 is 7.72. The molecule has 3 aromatic rings. The number of carbonyl (C=O) groups excluding carboxylic acids is 1. The highest BCUT2D eigenvalue weighted by atomic mass is 32.2. The topological polar surface area (TPSA) is 100 Å². The zero-order valence-corrected chi connectivity index (χ0v) is 17.0. The molecule has 4 rings (SSSR count). The fraction of sp³-hybridized carbons (Fsp3) is 0.286. The summed E-state index contributed by atoms with van der Waals surface area (Å²) >= 11 is 1.33. The van der Waals surface area contributed by atoms with Gasteiger partial charge in [-0.15, -0.1) is 10.2 Å². The predicted molar refractivity (Wildman–Crippen MR) is 113 cm³/mol. The van der Waals surface area contributed by atoms with Gasteiger partial charge in [0, 0.05) is 29.9 Å². The van der Waals surface area contributed by atoms with E-state index >= 15 is 0 Å². The number of ether oxygens (including phenoxy) is 1. The average Bonchev–Trinajstić information content (AvgIpc) is 3.43. The standard InChI is InChI=1S/C21H20N4O4S/c26-19(15-5-2-1-3-6-15)14-30-21-23-22-20(24(21)13-18-7-4-12-29-18)16-8-10-17(11-9-16)25(27)28/h1-3,5-6,8-11,18H,4,7,12-14H2/t18-/m0/s1. The van der Waals surface area contributed by atoms with Gasteiger partial charge in [0.1, 0.15) is 0 Å². The van der Waals surface area contributed by atoms with Crippen LogP contribution in [0.25, 0.3) is 11.4 Å². The molecule has 0 amide bonds. The largest absolute Gasteiger partial charge is 0.376 e. The fourth-order valence-electron chi connectivity index (χ4n) is 3.34. The molecule has 8 nitrogen and oxygen atoms in total. The number of carbonyl (C=O) groups is 1. The van der Waals surface area contributed by atoms with Gasteiger partial charge in [0.15, 0.2) is 16.8 Å². The Bertz CT molecular complexity index is 1030. The highest BCUT2D eigenvalue weighted by molar-refractivity contribution is 7.99. The molecule has 2 aromatic carbocycles. The zero-order chi connectivity index (χ0) is 20.9. The highest BCUT2D eigenvalue weighted by Crippen LogP contribution is 2.28. The maximum atomic E-state index is 12.5. The Morgan fingerprint density at radius 1 is 1.17 bits per heavy atom. The Morgan fingerprint density at radius 2 is 1.93 bits per heavy atom. The minimum Gasteiger partial charge on any atom is -0.376 e. The number of hydrogen-bond donors (Lipinski definition) is 0. The van der Waals surface area contributed by atoms with E-state index in [0.717, 1.165) is 25.0 Å². The van der Waals surface area contributed by atoms with Crippen LogP contribution >= 0.6 is 11.8 Å². The summed E-state index contributed by atoms with van der Waals surface area (Å²) in [7, 11) is 0. The number of hydrogen-bond acceptors (Lipinski definition) is 7. The first-order valence-corrected chi connectivity index (χ1v) is 10.6. The maximum absolute atomic E-state index is 12.5. The van der Waals surface area contributed by atoms with E-state index in [2.05, 4.69) is 10.2 Å². The van der Waals surface area contributed by atoms with Gasteiger partial charge in [-0.05, 0) is 25.0 Å². The first-order valence-electron chi connectivity index (χ1n) is 9.62. The van der Waals surface area contributed by atoms with Crippen LogP contribution in [0.2, 0.25) is 0 Å². The molecule has 0 spiro atoms. The lowest BCUT2D eigenvalue weighted by Gasteiger charge is -2.14. The van der Waals surface area contributed by atoms with Crippen LogP contribution in [0.15, 0.2) is 59.8 Å². The van der Waals surface area contributed by atoms with Crippen LogP contribution in [0.4, 0.5) is 5.69 Å². The maximum Gasteiger partial charge on any atom is 0.269 e. The van der Waals surface area contributed by atoms with Crippen molar-refractivity contribution in [2.24, 2.45) is 0 Å². The third-order valence-electron chi connectivity index (χ3n) is 4.89. The van der Waals surface area contributed by atoms with E-state index in [1.54, 1.807) is 24.3 Å². The molecule has 0 radical (unpaired) electrons. The van der Waals surface area contributed by atoms with Crippen molar-refractivity contribution in [2.45, 2.75) is 30.6 Å². The van der Waals surface area contributed by atoms with Gasteiger partial charge in [-0.3, -0.25) is 19.5 Å². The van der Waals surface area contributed by atoms with E-state index in [4.69, 9.17) is 4.74 Å². The number of thioether (sulfide) groups is 1. The Hall–Kier alpha value is -3.04. The van der Waals surface area contributed by atoms with Gasteiger partial charge >= 0.3 is 0 Å². The van der Waals surface area contributed by atoms with Gasteiger partial charge in [-0.25, -0.2) is 0 Å². The smallest absolute Gasteiger partial charge is 0.269 e. The third-order valence-corrected chi connectivity index (χ3v) is 5.86. The minimum absolute atomic E-state index is 0.0177. The van der Waals surface area contributed by atoms with E-state index in [0.29, 0.717) is 23.1 Å². The normalized spacial score (nSPS) is 15.9. The molecule has 0 bridgehead atoms. The van der Waals surface area contributed by atoms with Gasteiger partial charge in [-0.1, -0.05) is 42.1 Å². The van der Waals surface area contributed by atoms with Crippen molar-refractivity contribution in [3.8, 4) is 11.4 Å². The summed E-state index contributed by atoms with van der Waals surface area (Å²) in [6.07, 6.45) is 2.02. The van der Waals surface area contributed by atoms with Gasteiger partial charge in [0.25, 0.3) is 5.69 Å². The molecule has 30 heavy (non-hydrogen) atoms. The third kappa shape index (κ3) is 4.58. The van der Waals surface area contributed by atoms with Crippen LogP contribution < -0.4 is 0 Å². The number of rotatable bonds is 8. The molecule has 9 heteroatoms. The van der Waals surface area contributed by atoms with Crippen LogP contribution in [0.5, 0.6) is 0 Å². The van der Waals surface area contributed by atoms with Crippen molar-refractivity contribution in [3.63, 3.8) is 0 Å². The molecule has 1 saturated heterocycles. The molecular weight excluding hydrogens is 404 g/mol. The summed E-state index contributed by atoms with van der Waals surface area (Å²) in [4.78, 5) is 23.0. The number of non-ortho nitro benzene ring substituents is 1. The summed E-state index contributed by atoms with van der Waals surface area (Å²) in [5.41, 5.74) is 1.41. The van der Waals surface area contributed by atoms with Crippen molar-refractivity contribution >= 4 is 23.2 Å². The highest BCUT2D eigenvalue weighted by Gasteiger charge is 2.22. The molecule has 0 unspecified atom stereocenters. The summed E-state index contributed by atoms with van der Waals surface area (Å²) in [6.45, 7) is 1.30. The monoisotopic (exact) mass is 424 g/mol. The second-order valence-electron chi connectivity index (χ2n) is 6.93. The second kappa shape index (κ2) is 9.19. The molecule has 0 aliphatic carbocycles. The van der Waals surface area contributed by atoms with Gasteiger partial charge < -0.3 is 4.74 Å². The summed E-state index contributed by atoms with van der Waals surface area (Å²) in [5, 5.41) is 20.2. The molecule has 0 saturated carbocycles. The molecule has 154 valence electrons. The minimum atomic E-state index is -0.433. The quantitative estimate of drug-likeness (QED) is 0.233. The first kappa shape index (κ1) is 20.2. The van der Waals surface area contributed by atoms with Crippen LogP contribution in [-0.2, 0) is 11.3 Å². The molecule has 1 atom stereocenters. The molecule has 1 aliphatic heterocycles. The molecule has 1 aliphatic rings. The van der Waals surface area contributed by atoms with Gasteiger partial charge in [0.05, 0.1) is 23.3 Å². The van der Waals surface area contributed by atoms with E-state index in [9.17, 15) is 14.9 Å². The van der Waals surface area contributed by atoms with Crippen LogP contribution in [-0.4, -0.2) is 43.9 Å². The molecule has 2 heterocycles. The van der Waals surface area contributed by atoms with Gasteiger partial charge in [0.2, 0.25) is 0 Å². The van der Waals surface area contributed by atoms with E-state index in [1.165, 1.54) is 23.9 Å². The van der Waals surface area contributed by atoms with Crippen molar-refractivity contribution < 1.29 is 14.5 Å². The Balaban J connectivity index is 1.58. The lowest BCUT2D eigenvalue weighted by molar-refractivity contribution is -0.384. The van der Waals surface area contributed by atoms with E-state index in [1.807, 2.05) is 22.8 Å². The van der Waals surface area contributed by atoms with Crippen LogP contribution in [0, 0.1) is 10.1 Å². The number of ketones is 1. The van der Waals surface area contributed by atoms with Crippen molar-refractivity contribution in [1.29, 1.82) is 0 Å². The first-order chi connectivity index (χ1) is 14.6. The summed E-state index contributed by atoms with van der Waals surface area (Å²) in [5.74, 6) is 0.868. The lowest BCUT2D eigenvalue weighted by atomic mass is 10.2. The summed E-state index contributed by atoms with van der Waals surface area (Å²) in [6, 6.07) is 15.4. The van der Waals surface area contributed by atoms with Crippen molar-refractivity contribution in [2.75, 3.05) is 12.4 Å². The molecule has 1 aromatic heterocycles. The van der Waals surface area contributed by atoms with Crippen molar-refractivity contribution in [1.82, 2.24) is 14.8 Å². The molecular formula is C21H20N4O4S. The number of nitro groups is 1. The Morgan fingerprint density at radius 3 is 2.60 bits per heavy atom. The predicted octanol–water partition coefficient (Wildman–Crippen LogP) is 4.01. The van der Waals surface area contributed by atoms with E-state index in [-0.39, 0.29) is 23.3 Å². The molecule has 0 N–H and O–H groups in total. The number of Topliss-reactive ketones (excluding diaryl/α,β-unsaturated/α-hetero) is 1. The zero-order valence-electron chi connectivity index (χ0n) is 16.1. The van der Waals surface area contributed by atoms with Gasteiger partial charge in [-0.2, -0.15) is 0 Å². The van der Waals surface area contributed by atoms with Crippen LogP contribution in [0.3, 0.4) is 0 Å². The number of nitrogens with zero attached hydrogens (tertiary/aromatic N) is 4. The van der Waals surface area contributed by atoms with Crippen LogP contribution in [0.1, 0.15) is 23.2 Å². The lowest BCUT2D eigenvalue weighted by Crippen LogP contribution is -2.17. The Kier molecular flexibility index (Phi) is 6.20. The molecule has 1 fully saturated rings. The van der Waals surface area contributed by atoms with E-state index < -0.39 is 4.92 Å². The number of nitro benzene ring substituents is 1. The van der Waals surface area contributed by atoms with Crippen molar-refractivity contribution in [3.05, 3.63) is 70.3 Å². The second-order valence-corrected chi connectivity index (χ2v) is 7.88. The number of benzene rings is 2. The number of aromatic nitrogens is 3. The Labute approximate surface area is 177 Å². The fourth-order valence-corrected chi connectivity index (χ4v) is 4.18. The SMILES string of the molecule is O=C(CSc1nnc(-c2ccc([N+](=O)[O-])cc2)n1C[C@@H]1CCCO1)c1ccccc1. The average molecular weight is 424 g/mol.